The van der Waals surface area contributed by atoms with Crippen LogP contribution in [0.4, 0.5) is 0 Å². The predicted octanol–water partition coefficient (Wildman–Crippen LogP) is 6.15. The average Bonchev–Trinajstić information content (AvgIpc) is 3.58. The van der Waals surface area contributed by atoms with E-state index in [1.54, 1.807) is 60.7 Å². The highest BCUT2D eigenvalue weighted by Crippen LogP contribution is 2.38. The number of nitrogens with zero attached hydrogens (tertiary/aromatic N) is 1. The molecule has 1 aliphatic rings. The Kier molecular flexibility index (Phi) is 7.42. The lowest BCUT2D eigenvalue weighted by Crippen LogP contribution is -2.22. The maximum absolute atomic E-state index is 13.5. The summed E-state index contributed by atoms with van der Waals surface area (Å²) < 4.78 is 25.3. The minimum absolute atomic E-state index is 0.122. The summed E-state index contributed by atoms with van der Waals surface area (Å²) in [6.45, 7) is 0. The van der Waals surface area contributed by atoms with Crippen LogP contribution in [-0.4, -0.2) is 30.8 Å². The molecule has 5 rings (SSSR count). The highest BCUT2D eigenvalue weighted by molar-refractivity contribution is 7.91. The predicted molar refractivity (Wildman–Crippen MR) is 150 cm³/mol. The Morgan fingerprint density at radius 3 is 2.26 bits per heavy atom. The third-order valence-electron chi connectivity index (χ3n) is 6.31. The minimum Gasteiger partial charge on any atom is -0.369 e. The van der Waals surface area contributed by atoms with Crippen LogP contribution in [-0.2, 0) is 14.6 Å². The van der Waals surface area contributed by atoms with Crippen molar-refractivity contribution in [3.05, 3.63) is 104 Å². The van der Waals surface area contributed by atoms with Gasteiger partial charge in [0.2, 0.25) is 11.7 Å². The summed E-state index contributed by atoms with van der Waals surface area (Å²) in [6.07, 6.45) is 1.86. The Balaban J connectivity index is 1.57. The number of primary amides is 1. The number of sulfone groups is 1. The van der Waals surface area contributed by atoms with Gasteiger partial charge in [-0.15, -0.1) is 11.3 Å². The number of hydrogen-bond donors (Lipinski definition) is 1. The minimum atomic E-state index is -3.41. The van der Waals surface area contributed by atoms with Crippen LogP contribution in [0.1, 0.15) is 44.6 Å². The number of nitrogens with two attached hydrogens (primary N) is 1. The molecule has 0 bridgehead atoms. The number of ketones is 1. The molecule has 38 heavy (non-hydrogen) atoms. The summed E-state index contributed by atoms with van der Waals surface area (Å²) in [5, 5.41) is 1.28. The zero-order valence-electron chi connectivity index (χ0n) is 19.9. The molecule has 2 N–H and O–H groups in total. The van der Waals surface area contributed by atoms with Gasteiger partial charge in [0.25, 0.3) is 0 Å². The van der Waals surface area contributed by atoms with Crippen molar-refractivity contribution in [3.63, 3.8) is 0 Å². The van der Waals surface area contributed by atoms with Crippen LogP contribution in [0, 0.1) is 5.92 Å². The van der Waals surface area contributed by atoms with Crippen LogP contribution >= 0.6 is 34.5 Å². The van der Waals surface area contributed by atoms with Crippen molar-refractivity contribution in [2.24, 2.45) is 11.7 Å². The van der Waals surface area contributed by atoms with Crippen LogP contribution < -0.4 is 5.73 Å². The van der Waals surface area contributed by atoms with Crippen molar-refractivity contribution in [2.45, 2.75) is 23.7 Å². The van der Waals surface area contributed by atoms with Crippen molar-refractivity contribution >= 4 is 56.1 Å². The SMILES string of the molecule is NC(=O)C(c1ccc(S(=O)(=O)CC2CC2)cc1)c1nc(-c2cccc(Cl)c2)c(C(=O)c2ccc(Cl)cc2)s1. The number of amides is 1. The van der Waals surface area contributed by atoms with Crippen molar-refractivity contribution in [3.8, 4) is 11.3 Å². The summed E-state index contributed by atoms with van der Waals surface area (Å²) in [5.74, 6) is -1.60. The Bertz CT molecular complexity index is 1630. The summed E-state index contributed by atoms with van der Waals surface area (Å²) >= 11 is 13.3. The van der Waals surface area contributed by atoms with Gasteiger partial charge in [0.15, 0.2) is 9.84 Å². The first kappa shape index (κ1) is 26.6. The molecule has 0 saturated heterocycles. The van der Waals surface area contributed by atoms with Gasteiger partial charge in [-0.1, -0.05) is 47.5 Å². The first-order valence-corrected chi connectivity index (χ1v) is 15.0. The molecule has 6 nitrogen and oxygen atoms in total. The fourth-order valence-corrected chi connectivity index (χ4v) is 7.37. The Labute approximate surface area is 234 Å². The van der Waals surface area contributed by atoms with Gasteiger partial charge in [0.05, 0.1) is 16.3 Å². The van der Waals surface area contributed by atoms with Gasteiger partial charge in [-0.05, 0) is 72.9 Å². The monoisotopic (exact) mass is 584 g/mol. The molecule has 1 unspecified atom stereocenters. The van der Waals surface area contributed by atoms with Gasteiger partial charge >= 0.3 is 0 Å². The molecule has 1 fully saturated rings. The van der Waals surface area contributed by atoms with E-state index in [-0.39, 0.29) is 22.3 Å². The number of halogens is 2. The lowest BCUT2D eigenvalue weighted by molar-refractivity contribution is -0.118. The molecule has 194 valence electrons. The van der Waals surface area contributed by atoms with E-state index in [1.165, 1.54) is 12.1 Å². The average molecular weight is 586 g/mol. The number of rotatable bonds is 9. The van der Waals surface area contributed by atoms with E-state index in [1.807, 2.05) is 0 Å². The third-order valence-corrected chi connectivity index (χ3v) is 9.82. The second kappa shape index (κ2) is 10.6. The lowest BCUT2D eigenvalue weighted by atomic mass is 9.99. The quantitative estimate of drug-likeness (QED) is 0.237. The molecule has 10 heteroatoms. The molecular formula is C28H22Cl2N2O4S2. The van der Waals surface area contributed by atoms with Gasteiger partial charge in [-0.2, -0.15) is 0 Å². The van der Waals surface area contributed by atoms with Gasteiger partial charge in [0.1, 0.15) is 15.8 Å². The Morgan fingerprint density at radius 1 is 0.974 bits per heavy atom. The number of aromatic nitrogens is 1. The molecule has 1 aliphatic carbocycles. The van der Waals surface area contributed by atoms with Crippen LogP contribution in [0.3, 0.4) is 0 Å². The third kappa shape index (κ3) is 5.68. The van der Waals surface area contributed by atoms with Crippen LogP contribution in [0.5, 0.6) is 0 Å². The Morgan fingerprint density at radius 2 is 1.66 bits per heavy atom. The van der Waals surface area contributed by atoms with E-state index in [9.17, 15) is 18.0 Å². The zero-order chi connectivity index (χ0) is 27.0. The summed E-state index contributed by atoms with van der Waals surface area (Å²) in [5.41, 5.74) is 7.70. The zero-order valence-corrected chi connectivity index (χ0v) is 23.1. The van der Waals surface area contributed by atoms with E-state index < -0.39 is 21.7 Å². The maximum atomic E-state index is 13.5. The summed E-state index contributed by atoms with van der Waals surface area (Å²) in [7, 11) is -3.41. The molecule has 0 radical (unpaired) electrons. The topological polar surface area (TPSA) is 107 Å². The van der Waals surface area contributed by atoms with E-state index >= 15 is 0 Å². The fraction of sp³-hybridized carbons (Fsp3) is 0.179. The highest BCUT2D eigenvalue weighted by atomic mass is 35.5. The molecular weight excluding hydrogens is 563 g/mol. The van der Waals surface area contributed by atoms with E-state index in [4.69, 9.17) is 33.9 Å². The number of thiazole rings is 1. The second-order valence-electron chi connectivity index (χ2n) is 9.21. The highest BCUT2D eigenvalue weighted by Gasteiger charge is 2.31. The molecule has 3 aromatic carbocycles. The van der Waals surface area contributed by atoms with E-state index in [0.29, 0.717) is 42.3 Å². The van der Waals surface area contributed by atoms with Crippen molar-refractivity contribution in [1.82, 2.24) is 4.98 Å². The fourth-order valence-electron chi connectivity index (χ4n) is 4.17. The standard InChI is InChI=1S/C28H22Cl2N2O4S2/c29-20-10-6-18(7-11-20)25(33)26-24(19-2-1-3-21(30)14-19)32-28(37-26)23(27(31)34)17-8-12-22(13-9-17)38(35,36)15-16-4-5-16/h1-3,6-14,16,23H,4-5,15H2,(H2,31,34). The molecule has 1 saturated carbocycles. The van der Waals surface area contributed by atoms with E-state index in [2.05, 4.69) is 0 Å². The maximum Gasteiger partial charge on any atom is 0.231 e. The normalized spacial score (nSPS) is 14.3. The van der Waals surface area contributed by atoms with Gasteiger partial charge < -0.3 is 5.73 Å². The molecule has 1 heterocycles. The van der Waals surface area contributed by atoms with Gasteiger partial charge in [-0.25, -0.2) is 13.4 Å². The molecule has 0 spiro atoms. The van der Waals surface area contributed by atoms with Crippen LogP contribution in [0.2, 0.25) is 10.0 Å². The molecule has 4 aromatic rings. The number of hydrogen-bond acceptors (Lipinski definition) is 6. The summed E-state index contributed by atoms with van der Waals surface area (Å²) in [4.78, 5) is 31.4. The summed E-state index contributed by atoms with van der Waals surface area (Å²) in [6, 6.07) is 19.6. The van der Waals surface area contributed by atoms with E-state index in [0.717, 1.165) is 24.2 Å². The van der Waals surface area contributed by atoms with Crippen molar-refractivity contribution < 1.29 is 18.0 Å². The second-order valence-corrected chi connectivity index (χ2v) is 13.1. The van der Waals surface area contributed by atoms with Crippen LogP contribution in [0.25, 0.3) is 11.3 Å². The van der Waals surface area contributed by atoms with Crippen molar-refractivity contribution in [1.29, 1.82) is 0 Å². The molecule has 1 atom stereocenters. The number of carbonyl (C=O) groups is 2. The first-order valence-electron chi connectivity index (χ1n) is 11.8. The van der Waals surface area contributed by atoms with Gasteiger partial charge in [-0.3, -0.25) is 9.59 Å². The number of carbonyl (C=O) groups excluding carboxylic acids is 2. The largest absolute Gasteiger partial charge is 0.369 e. The van der Waals surface area contributed by atoms with Gasteiger partial charge in [0, 0.05) is 21.2 Å². The first-order chi connectivity index (χ1) is 18.1. The van der Waals surface area contributed by atoms with Crippen molar-refractivity contribution in [2.75, 3.05) is 5.75 Å². The Hall–Kier alpha value is -3.04. The molecule has 0 aliphatic heterocycles. The number of benzene rings is 3. The smallest absolute Gasteiger partial charge is 0.231 e. The lowest BCUT2D eigenvalue weighted by Gasteiger charge is -2.12. The molecule has 1 aromatic heterocycles. The van der Waals surface area contributed by atoms with Crippen LogP contribution in [0.15, 0.2) is 77.7 Å². The molecule has 1 amide bonds.